The van der Waals surface area contributed by atoms with Gasteiger partial charge in [0.1, 0.15) is 0 Å². The second-order valence-electron chi connectivity index (χ2n) is 3.44. The summed E-state index contributed by atoms with van der Waals surface area (Å²) in [5, 5.41) is 3.60. The highest BCUT2D eigenvalue weighted by atomic mass is 79.9. The highest BCUT2D eigenvalue weighted by molar-refractivity contribution is 9.10. The minimum atomic E-state index is -0.283. The minimum Gasteiger partial charge on any atom is -0.359 e. The summed E-state index contributed by atoms with van der Waals surface area (Å²) in [6.45, 7) is 3.99. The quantitative estimate of drug-likeness (QED) is 0.841. The zero-order valence-electron chi connectivity index (χ0n) is 8.90. The van der Waals surface area contributed by atoms with Gasteiger partial charge in [-0.3, -0.25) is 4.57 Å². The molecule has 0 radical (unpaired) electrons. The Labute approximate surface area is 100 Å². The Morgan fingerprint density at radius 1 is 1.50 bits per heavy atom. The lowest BCUT2D eigenvalue weighted by atomic mass is 10.3. The van der Waals surface area contributed by atoms with Crippen LogP contribution in [0.5, 0.6) is 0 Å². The van der Waals surface area contributed by atoms with Crippen molar-refractivity contribution in [3.05, 3.63) is 44.4 Å². The third kappa shape index (κ3) is 1.92. The molecule has 0 fully saturated rings. The van der Waals surface area contributed by atoms with Crippen molar-refractivity contribution in [3.63, 3.8) is 0 Å². The lowest BCUT2D eigenvalue weighted by Crippen LogP contribution is -2.26. The Kier molecular flexibility index (Phi) is 2.91. The maximum atomic E-state index is 11.7. The van der Waals surface area contributed by atoms with Crippen LogP contribution in [0.2, 0.25) is 0 Å². The van der Waals surface area contributed by atoms with Crippen LogP contribution in [-0.4, -0.2) is 14.7 Å². The fourth-order valence-electron chi connectivity index (χ4n) is 1.44. The van der Waals surface area contributed by atoms with Crippen LogP contribution in [0.3, 0.4) is 0 Å². The lowest BCUT2D eigenvalue weighted by molar-refractivity contribution is 0.373. The number of aromatic nitrogens is 3. The first kappa shape index (κ1) is 11.1. The van der Waals surface area contributed by atoms with Crippen LogP contribution in [-0.2, 0) is 6.54 Å². The van der Waals surface area contributed by atoms with Gasteiger partial charge in [-0.2, -0.15) is 4.98 Å². The molecule has 0 spiro atoms. The second kappa shape index (κ2) is 4.21. The van der Waals surface area contributed by atoms with Crippen LogP contribution in [0, 0.1) is 13.8 Å². The van der Waals surface area contributed by atoms with Crippen molar-refractivity contribution in [1.82, 2.24) is 14.7 Å². The molecule has 0 saturated heterocycles. The monoisotopic (exact) mass is 283 g/mol. The lowest BCUT2D eigenvalue weighted by Gasteiger charge is -2.10. The van der Waals surface area contributed by atoms with Crippen LogP contribution in [0.15, 0.2) is 26.1 Å². The summed E-state index contributed by atoms with van der Waals surface area (Å²) < 4.78 is 7.34. The summed E-state index contributed by atoms with van der Waals surface area (Å²) in [6.07, 6.45) is 1.55. The van der Waals surface area contributed by atoms with Gasteiger partial charge in [0, 0.05) is 11.8 Å². The van der Waals surface area contributed by atoms with E-state index in [1.165, 1.54) is 4.57 Å². The number of rotatable bonds is 2. The molecule has 0 aliphatic heterocycles. The molecular weight excluding hydrogens is 274 g/mol. The van der Waals surface area contributed by atoms with E-state index in [4.69, 9.17) is 4.52 Å². The zero-order valence-corrected chi connectivity index (χ0v) is 10.5. The largest absolute Gasteiger partial charge is 0.359 e. The van der Waals surface area contributed by atoms with Gasteiger partial charge in [-0.1, -0.05) is 5.16 Å². The highest BCUT2D eigenvalue weighted by Gasteiger charge is 2.10. The normalized spacial score (nSPS) is 10.7. The van der Waals surface area contributed by atoms with Crippen LogP contribution in [0.25, 0.3) is 0 Å². The third-order valence-corrected chi connectivity index (χ3v) is 3.49. The molecule has 84 valence electrons. The van der Waals surface area contributed by atoms with E-state index in [0.29, 0.717) is 18.0 Å². The smallest absolute Gasteiger partial charge is 0.348 e. The second-order valence-corrected chi connectivity index (χ2v) is 4.24. The van der Waals surface area contributed by atoms with Gasteiger partial charge in [0.2, 0.25) is 0 Å². The summed E-state index contributed by atoms with van der Waals surface area (Å²) in [4.78, 5) is 15.6. The van der Waals surface area contributed by atoms with E-state index >= 15 is 0 Å². The van der Waals surface area contributed by atoms with E-state index in [0.717, 1.165) is 10.2 Å². The molecular formula is C10H10BrN3O2. The maximum absolute atomic E-state index is 11.7. The van der Waals surface area contributed by atoms with E-state index < -0.39 is 0 Å². The predicted octanol–water partition coefficient (Wildman–Crippen LogP) is 1.66. The first-order chi connectivity index (χ1) is 7.59. The Bertz CT molecular complexity index is 560. The fraction of sp³-hybridized carbons (Fsp3) is 0.300. The van der Waals surface area contributed by atoms with Gasteiger partial charge in [-0.25, -0.2) is 4.79 Å². The fourth-order valence-corrected chi connectivity index (χ4v) is 1.75. The molecule has 0 N–H and O–H groups in total. The molecule has 0 aliphatic rings. The summed E-state index contributed by atoms with van der Waals surface area (Å²) in [7, 11) is 0. The molecule has 0 aromatic carbocycles. The molecule has 2 aromatic heterocycles. The van der Waals surface area contributed by atoms with Gasteiger partial charge in [-0.05, 0) is 29.8 Å². The maximum Gasteiger partial charge on any atom is 0.348 e. The average Bonchev–Trinajstić information content (AvgIpc) is 2.74. The number of hydrogen-bond acceptors (Lipinski definition) is 4. The third-order valence-electron chi connectivity index (χ3n) is 2.34. The summed E-state index contributed by atoms with van der Waals surface area (Å²) in [5.74, 6) is 0.628. The number of nitrogens with zero attached hydrogens (tertiary/aromatic N) is 3. The van der Waals surface area contributed by atoms with Gasteiger partial charge in [0.05, 0.1) is 22.9 Å². The van der Waals surface area contributed by atoms with Crippen LogP contribution in [0.1, 0.15) is 17.1 Å². The predicted molar refractivity (Wildman–Crippen MR) is 61.3 cm³/mol. The first-order valence-corrected chi connectivity index (χ1v) is 5.52. The molecule has 2 aromatic rings. The molecule has 0 amide bonds. The molecule has 0 saturated carbocycles. The molecule has 0 aliphatic carbocycles. The van der Waals surface area contributed by atoms with Crippen molar-refractivity contribution in [2.24, 2.45) is 0 Å². The van der Waals surface area contributed by atoms with E-state index in [1.807, 2.05) is 6.92 Å². The van der Waals surface area contributed by atoms with Crippen molar-refractivity contribution in [2.45, 2.75) is 20.4 Å². The molecule has 2 heterocycles. The number of hydrogen-bond donors (Lipinski definition) is 0. The molecule has 0 unspecified atom stereocenters. The van der Waals surface area contributed by atoms with Gasteiger partial charge in [-0.15, -0.1) is 0 Å². The minimum absolute atomic E-state index is 0.283. The van der Waals surface area contributed by atoms with Crippen molar-refractivity contribution >= 4 is 15.9 Å². The summed E-state index contributed by atoms with van der Waals surface area (Å²) >= 11 is 3.40. The summed E-state index contributed by atoms with van der Waals surface area (Å²) in [5.41, 5.74) is 1.24. The topological polar surface area (TPSA) is 60.9 Å². The number of aryl methyl sites for hydroxylation is 1. The van der Waals surface area contributed by atoms with Gasteiger partial charge < -0.3 is 4.52 Å². The Morgan fingerprint density at radius 3 is 2.88 bits per heavy atom. The Hall–Kier alpha value is -1.43. The van der Waals surface area contributed by atoms with E-state index in [-0.39, 0.29) is 5.69 Å². The molecule has 0 atom stereocenters. The SMILES string of the molecule is Cc1nc(=O)n(Cc2ccno2)c(C)c1Br. The molecule has 16 heavy (non-hydrogen) atoms. The van der Waals surface area contributed by atoms with E-state index in [2.05, 4.69) is 26.1 Å². The van der Waals surface area contributed by atoms with Crippen LogP contribution < -0.4 is 5.69 Å². The van der Waals surface area contributed by atoms with E-state index in [1.54, 1.807) is 19.2 Å². The first-order valence-electron chi connectivity index (χ1n) is 4.72. The highest BCUT2D eigenvalue weighted by Crippen LogP contribution is 2.17. The van der Waals surface area contributed by atoms with Crippen LogP contribution >= 0.6 is 15.9 Å². The number of halogens is 1. The van der Waals surface area contributed by atoms with Crippen molar-refractivity contribution in [1.29, 1.82) is 0 Å². The van der Waals surface area contributed by atoms with Gasteiger partial charge >= 0.3 is 5.69 Å². The van der Waals surface area contributed by atoms with Crippen molar-refractivity contribution < 1.29 is 4.52 Å². The molecule has 0 bridgehead atoms. The Balaban J connectivity index is 2.49. The zero-order chi connectivity index (χ0) is 11.7. The van der Waals surface area contributed by atoms with Crippen molar-refractivity contribution in [2.75, 3.05) is 0 Å². The average molecular weight is 284 g/mol. The van der Waals surface area contributed by atoms with Gasteiger partial charge in [0.15, 0.2) is 5.76 Å². The van der Waals surface area contributed by atoms with Crippen molar-refractivity contribution in [3.8, 4) is 0 Å². The molecule has 6 heteroatoms. The van der Waals surface area contributed by atoms with Crippen LogP contribution in [0.4, 0.5) is 0 Å². The van der Waals surface area contributed by atoms with Gasteiger partial charge in [0.25, 0.3) is 0 Å². The standard InChI is InChI=1S/C10H10BrN3O2/c1-6-9(11)7(2)14(10(15)13-6)5-8-3-4-12-16-8/h3-4H,5H2,1-2H3. The Morgan fingerprint density at radius 2 is 2.25 bits per heavy atom. The molecule has 2 rings (SSSR count). The summed E-state index contributed by atoms with van der Waals surface area (Å²) in [6, 6.07) is 1.72. The molecule has 5 nitrogen and oxygen atoms in total. The van der Waals surface area contributed by atoms with E-state index in [9.17, 15) is 4.79 Å².